The topological polar surface area (TPSA) is 48.5 Å². The van der Waals surface area contributed by atoms with E-state index in [0.717, 1.165) is 32.7 Å². The number of likely N-dealkylation sites (N-methyl/N-ethyl adjacent to an activating group) is 1. The van der Waals surface area contributed by atoms with Gasteiger partial charge in [-0.1, -0.05) is 6.92 Å². The van der Waals surface area contributed by atoms with Crippen molar-refractivity contribution in [3.8, 4) is 0 Å². The first kappa shape index (κ1) is 15.9. The zero-order valence-electron chi connectivity index (χ0n) is 13.3. The fraction of sp³-hybridized carbons (Fsp3) is 0.625. The van der Waals surface area contributed by atoms with Crippen molar-refractivity contribution in [2.24, 2.45) is 0 Å². The average molecular weight is 290 g/mol. The Morgan fingerprint density at radius 2 is 2.05 bits per heavy atom. The van der Waals surface area contributed by atoms with Crippen molar-refractivity contribution in [1.82, 2.24) is 20.1 Å². The molecule has 1 amide bonds. The van der Waals surface area contributed by atoms with E-state index in [1.165, 1.54) is 0 Å². The molecule has 2 heterocycles. The lowest BCUT2D eigenvalue weighted by Gasteiger charge is -2.44. The van der Waals surface area contributed by atoms with Crippen molar-refractivity contribution in [3.63, 3.8) is 0 Å². The Labute approximate surface area is 127 Å². The second-order valence-corrected chi connectivity index (χ2v) is 6.16. The molecule has 1 aliphatic heterocycles. The molecule has 2 rings (SSSR count). The van der Waals surface area contributed by atoms with E-state index in [1.54, 1.807) is 24.5 Å². The lowest BCUT2D eigenvalue weighted by atomic mass is 10.0. The Hall–Kier alpha value is -1.46. The molecule has 1 fully saturated rings. The number of carbonyl (C=O) groups is 1. The minimum Gasteiger partial charge on any atom is -0.350 e. The van der Waals surface area contributed by atoms with Crippen molar-refractivity contribution in [2.75, 3.05) is 39.3 Å². The molecule has 1 aliphatic rings. The molecule has 0 aromatic carbocycles. The second-order valence-electron chi connectivity index (χ2n) is 6.16. The van der Waals surface area contributed by atoms with Gasteiger partial charge in [0.05, 0.1) is 5.56 Å². The van der Waals surface area contributed by atoms with E-state index in [9.17, 15) is 4.79 Å². The molecule has 21 heavy (non-hydrogen) atoms. The molecule has 0 unspecified atom stereocenters. The van der Waals surface area contributed by atoms with Crippen molar-refractivity contribution in [1.29, 1.82) is 0 Å². The summed E-state index contributed by atoms with van der Waals surface area (Å²) in [6.07, 6.45) is 3.27. The van der Waals surface area contributed by atoms with Gasteiger partial charge in [-0.05, 0) is 32.5 Å². The highest BCUT2D eigenvalue weighted by molar-refractivity contribution is 5.93. The van der Waals surface area contributed by atoms with Gasteiger partial charge in [-0.2, -0.15) is 0 Å². The van der Waals surface area contributed by atoms with Crippen LogP contribution < -0.4 is 5.32 Å². The SMILES string of the molecule is CCN1CCN(C(C)(C)CNC(=O)c2cccnc2)CC1. The van der Waals surface area contributed by atoms with Gasteiger partial charge in [-0.25, -0.2) is 0 Å². The summed E-state index contributed by atoms with van der Waals surface area (Å²) < 4.78 is 0. The minimum atomic E-state index is -0.0524. The van der Waals surface area contributed by atoms with Crippen molar-refractivity contribution >= 4 is 5.91 Å². The molecule has 5 nitrogen and oxygen atoms in total. The molecular formula is C16H26N4O. The fourth-order valence-electron chi connectivity index (χ4n) is 2.68. The van der Waals surface area contributed by atoms with Crippen LogP contribution >= 0.6 is 0 Å². The van der Waals surface area contributed by atoms with Gasteiger partial charge in [-0.3, -0.25) is 14.7 Å². The standard InChI is InChI=1S/C16H26N4O/c1-4-19-8-10-20(11-9-19)16(2,3)13-18-15(21)14-6-5-7-17-12-14/h5-7,12H,4,8-11,13H2,1-3H3,(H,18,21). The van der Waals surface area contributed by atoms with Crippen LogP contribution in [-0.4, -0.2) is 65.5 Å². The summed E-state index contributed by atoms with van der Waals surface area (Å²) in [5.41, 5.74) is 0.585. The fourth-order valence-corrected chi connectivity index (χ4v) is 2.68. The number of nitrogens with one attached hydrogen (secondary N) is 1. The predicted molar refractivity (Wildman–Crippen MR) is 84.3 cm³/mol. The van der Waals surface area contributed by atoms with Crippen LogP contribution in [0.25, 0.3) is 0 Å². The third kappa shape index (κ3) is 4.25. The Kier molecular flexibility index (Phi) is 5.31. The van der Waals surface area contributed by atoms with E-state index < -0.39 is 0 Å². The van der Waals surface area contributed by atoms with Crippen LogP contribution in [0.2, 0.25) is 0 Å². The Morgan fingerprint density at radius 1 is 1.33 bits per heavy atom. The Bertz CT molecular complexity index is 453. The molecule has 0 saturated carbocycles. The van der Waals surface area contributed by atoms with Crippen LogP contribution in [0.4, 0.5) is 0 Å². The van der Waals surface area contributed by atoms with E-state index in [2.05, 4.69) is 40.9 Å². The third-order valence-corrected chi connectivity index (χ3v) is 4.28. The van der Waals surface area contributed by atoms with Crippen molar-refractivity contribution in [2.45, 2.75) is 26.3 Å². The first-order chi connectivity index (χ1) is 10.0. The number of nitrogens with zero attached hydrogens (tertiary/aromatic N) is 3. The van der Waals surface area contributed by atoms with E-state index in [-0.39, 0.29) is 11.4 Å². The molecule has 1 aromatic heterocycles. The second kappa shape index (κ2) is 7.00. The minimum absolute atomic E-state index is 0.0301. The average Bonchev–Trinajstić information content (AvgIpc) is 2.53. The Morgan fingerprint density at radius 3 is 2.62 bits per heavy atom. The third-order valence-electron chi connectivity index (χ3n) is 4.28. The first-order valence-electron chi connectivity index (χ1n) is 7.68. The zero-order chi connectivity index (χ0) is 15.3. The number of carbonyl (C=O) groups excluding carboxylic acids is 1. The lowest BCUT2D eigenvalue weighted by molar-refractivity contribution is 0.0521. The van der Waals surface area contributed by atoms with Crippen LogP contribution in [0.3, 0.4) is 0 Å². The highest BCUT2D eigenvalue weighted by Gasteiger charge is 2.29. The maximum atomic E-state index is 12.1. The largest absolute Gasteiger partial charge is 0.350 e. The van der Waals surface area contributed by atoms with Crippen LogP contribution in [0.1, 0.15) is 31.1 Å². The molecule has 5 heteroatoms. The molecule has 0 aliphatic carbocycles. The molecule has 1 aromatic rings. The summed E-state index contributed by atoms with van der Waals surface area (Å²) in [5, 5.41) is 3.03. The van der Waals surface area contributed by atoms with Gasteiger partial charge in [0.2, 0.25) is 0 Å². The molecule has 0 spiro atoms. The van der Waals surface area contributed by atoms with Gasteiger partial charge < -0.3 is 10.2 Å². The molecular weight excluding hydrogens is 264 g/mol. The molecule has 0 atom stereocenters. The number of amides is 1. The van der Waals surface area contributed by atoms with Gasteiger partial charge in [0.25, 0.3) is 5.91 Å². The van der Waals surface area contributed by atoms with Crippen molar-refractivity contribution < 1.29 is 4.79 Å². The summed E-state index contributed by atoms with van der Waals surface area (Å²) in [4.78, 5) is 21.0. The predicted octanol–water partition coefficient (Wildman–Crippen LogP) is 1.23. The summed E-state index contributed by atoms with van der Waals surface area (Å²) in [5.74, 6) is -0.0524. The molecule has 1 N–H and O–H groups in total. The van der Waals surface area contributed by atoms with Gasteiger partial charge in [0.15, 0.2) is 0 Å². The highest BCUT2D eigenvalue weighted by atomic mass is 16.1. The molecule has 1 saturated heterocycles. The van der Waals surface area contributed by atoms with Crippen LogP contribution in [0, 0.1) is 0 Å². The van der Waals surface area contributed by atoms with E-state index in [1.807, 2.05) is 0 Å². The van der Waals surface area contributed by atoms with E-state index in [0.29, 0.717) is 12.1 Å². The van der Waals surface area contributed by atoms with Crippen LogP contribution in [0.5, 0.6) is 0 Å². The number of hydrogen-bond donors (Lipinski definition) is 1. The van der Waals surface area contributed by atoms with Crippen LogP contribution in [0.15, 0.2) is 24.5 Å². The van der Waals surface area contributed by atoms with Gasteiger partial charge in [-0.15, -0.1) is 0 Å². The van der Waals surface area contributed by atoms with Gasteiger partial charge in [0.1, 0.15) is 0 Å². The van der Waals surface area contributed by atoms with Gasteiger partial charge in [0, 0.05) is 50.7 Å². The number of aromatic nitrogens is 1. The quantitative estimate of drug-likeness (QED) is 0.886. The summed E-state index contributed by atoms with van der Waals surface area (Å²) in [6, 6.07) is 3.57. The Balaban J connectivity index is 1.85. The normalized spacial score (nSPS) is 17.7. The van der Waals surface area contributed by atoms with E-state index in [4.69, 9.17) is 0 Å². The molecule has 0 bridgehead atoms. The maximum absolute atomic E-state index is 12.1. The highest BCUT2D eigenvalue weighted by Crippen LogP contribution is 2.16. The summed E-state index contributed by atoms with van der Waals surface area (Å²) in [6.45, 7) is 12.7. The van der Waals surface area contributed by atoms with Crippen molar-refractivity contribution in [3.05, 3.63) is 30.1 Å². The monoisotopic (exact) mass is 290 g/mol. The molecule has 0 radical (unpaired) electrons. The summed E-state index contributed by atoms with van der Waals surface area (Å²) >= 11 is 0. The number of hydrogen-bond acceptors (Lipinski definition) is 4. The van der Waals surface area contributed by atoms with Gasteiger partial charge >= 0.3 is 0 Å². The smallest absolute Gasteiger partial charge is 0.252 e. The maximum Gasteiger partial charge on any atom is 0.252 e. The number of rotatable bonds is 5. The first-order valence-corrected chi connectivity index (χ1v) is 7.68. The van der Waals surface area contributed by atoms with Crippen LogP contribution in [-0.2, 0) is 0 Å². The number of pyridine rings is 1. The number of piperazine rings is 1. The van der Waals surface area contributed by atoms with E-state index >= 15 is 0 Å². The lowest BCUT2D eigenvalue weighted by Crippen LogP contribution is -2.58. The zero-order valence-corrected chi connectivity index (χ0v) is 13.3. The summed E-state index contributed by atoms with van der Waals surface area (Å²) in [7, 11) is 0. The molecule has 116 valence electrons.